The van der Waals surface area contributed by atoms with E-state index in [4.69, 9.17) is 9.72 Å². The van der Waals surface area contributed by atoms with Crippen LogP contribution in [0.2, 0.25) is 0 Å². The van der Waals surface area contributed by atoms with Crippen LogP contribution in [0.15, 0.2) is 29.9 Å². The summed E-state index contributed by atoms with van der Waals surface area (Å²) in [6.07, 6.45) is 5.82. The molecule has 2 aromatic heterocycles. The lowest BCUT2D eigenvalue weighted by atomic mass is 10.0. The van der Waals surface area contributed by atoms with E-state index >= 15 is 0 Å². The average molecular weight is 246 g/mol. The first kappa shape index (κ1) is 10.9. The molecule has 0 bridgehead atoms. The van der Waals surface area contributed by atoms with Gasteiger partial charge in [0, 0.05) is 42.5 Å². The molecule has 2 aromatic rings. The summed E-state index contributed by atoms with van der Waals surface area (Å²) in [6.45, 7) is 1.74. The van der Waals surface area contributed by atoms with Crippen molar-refractivity contribution in [2.45, 2.75) is 18.8 Å². The Kier molecular flexibility index (Phi) is 3.16. The van der Waals surface area contributed by atoms with Gasteiger partial charge >= 0.3 is 0 Å². The van der Waals surface area contributed by atoms with Crippen molar-refractivity contribution >= 4 is 11.3 Å². The Morgan fingerprint density at radius 3 is 2.71 bits per heavy atom. The molecule has 0 spiro atoms. The lowest BCUT2D eigenvalue weighted by Gasteiger charge is -2.19. The molecule has 1 aliphatic heterocycles. The molecule has 1 aliphatic rings. The third kappa shape index (κ3) is 2.37. The summed E-state index contributed by atoms with van der Waals surface area (Å²) in [5, 5.41) is 3.39. The van der Waals surface area contributed by atoms with Crippen molar-refractivity contribution in [2.75, 3.05) is 13.2 Å². The Hall–Kier alpha value is -1.26. The lowest BCUT2D eigenvalue weighted by Crippen LogP contribution is -2.13. The quantitative estimate of drug-likeness (QED) is 0.816. The SMILES string of the molecule is c1cc(-c2csc(C3CCOCC3)n2)ccn1. The van der Waals surface area contributed by atoms with Crippen LogP contribution in [0.5, 0.6) is 0 Å². The van der Waals surface area contributed by atoms with Gasteiger partial charge in [0.05, 0.1) is 10.7 Å². The second kappa shape index (κ2) is 4.94. The zero-order valence-electron chi connectivity index (χ0n) is 9.50. The maximum atomic E-state index is 5.38. The minimum atomic E-state index is 0.587. The van der Waals surface area contributed by atoms with Gasteiger partial charge in [-0.25, -0.2) is 4.98 Å². The van der Waals surface area contributed by atoms with Crippen LogP contribution in [-0.2, 0) is 4.74 Å². The van der Waals surface area contributed by atoms with E-state index < -0.39 is 0 Å². The highest BCUT2D eigenvalue weighted by Crippen LogP contribution is 2.31. The van der Waals surface area contributed by atoms with Gasteiger partial charge in [0.1, 0.15) is 0 Å². The number of pyridine rings is 1. The molecule has 17 heavy (non-hydrogen) atoms. The van der Waals surface area contributed by atoms with E-state index in [-0.39, 0.29) is 0 Å². The monoisotopic (exact) mass is 246 g/mol. The average Bonchev–Trinajstić information content (AvgIpc) is 2.90. The first-order valence-electron chi connectivity index (χ1n) is 5.87. The number of thiazole rings is 1. The number of ether oxygens (including phenoxy) is 1. The van der Waals surface area contributed by atoms with Crippen LogP contribution in [0.25, 0.3) is 11.3 Å². The largest absolute Gasteiger partial charge is 0.381 e. The minimum absolute atomic E-state index is 0.587. The van der Waals surface area contributed by atoms with Crippen molar-refractivity contribution < 1.29 is 4.74 Å². The van der Waals surface area contributed by atoms with Crippen LogP contribution in [0.4, 0.5) is 0 Å². The van der Waals surface area contributed by atoms with Gasteiger partial charge in [-0.3, -0.25) is 4.98 Å². The smallest absolute Gasteiger partial charge is 0.0965 e. The number of hydrogen-bond donors (Lipinski definition) is 0. The van der Waals surface area contributed by atoms with Crippen LogP contribution in [0.1, 0.15) is 23.8 Å². The van der Waals surface area contributed by atoms with Crippen molar-refractivity contribution in [1.82, 2.24) is 9.97 Å². The highest BCUT2D eigenvalue weighted by atomic mass is 32.1. The van der Waals surface area contributed by atoms with Crippen LogP contribution < -0.4 is 0 Å². The molecule has 3 nitrogen and oxygen atoms in total. The second-order valence-electron chi connectivity index (χ2n) is 4.19. The fourth-order valence-corrected chi connectivity index (χ4v) is 3.08. The van der Waals surface area contributed by atoms with Gasteiger partial charge < -0.3 is 4.74 Å². The topological polar surface area (TPSA) is 35.0 Å². The van der Waals surface area contributed by atoms with Crippen LogP contribution in [-0.4, -0.2) is 23.2 Å². The summed E-state index contributed by atoms with van der Waals surface area (Å²) in [5.41, 5.74) is 2.22. The van der Waals surface area contributed by atoms with E-state index in [9.17, 15) is 0 Å². The zero-order chi connectivity index (χ0) is 11.5. The molecule has 3 rings (SSSR count). The van der Waals surface area contributed by atoms with E-state index in [1.54, 1.807) is 11.3 Å². The van der Waals surface area contributed by atoms with Gasteiger partial charge in [0.15, 0.2) is 0 Å². The summed E-state index contributed by atoms with van der Waals surface area (Å²) < 4.78 is 5.38. The Morgan fingerprint density at radius 1 is 1.18 bits per heavy atom. The molecular formula is C13H14N2OS. The van der Waals surface area contributed by atoms with Crippen LogP contribution in [0, 0.1) is 0 Å². The maximum absolute atomic E-state index is 5.38. The molecule has 0 aliphatic carbocycles. The molecule has 1 saturated heterocycles. The number of aromatic nitrogens is 2. The molecule has 0 aromatic carbocycles. The highest BCUT2D eigenvalue weighted by molar-refractivity contribution is 7.10. The van der Waals surface area contributed by atoms with Crippen molar-refractivity contribution in [3.63, 3.8) is 0 Å². The summed E-state index contributed by atoms with van der Waals surface area (Å²) in [6, 6.07) is 4.01. The summed E-state index contributed by atoms with van der Waals surface area (Å²) in [7, 11) is 0. The fourth-order valence-electron chi connectivity index (χ4n) is 2.07. The van der Waals surface area contributed by atoms with E-state index in [0.29, 0.717) is 5.92 Å². The molecule has 0 atom stereocenters. The van der Waals surface area contributed by atoms with Gasteiger partial charge in [0.25, 0.3) is 0 Å². The van der Waals surface area contributed by atoms with E-state index in [1.807, 2.05) is 24.5 Å². The third-order valence-electron chi connectivity index (χ3n) is 3.07. The highest BCUT2D eigenvalue weighted by Gasteiger charge is 2.19. The predicted octanol–water partition coefficient (Wildman–Crippen LogP) is 3.10. The van der Waals surface area contributed by atoms with Crippen LogP contribution >= 0.6 is 11.3 Å². The normalized spacial score (nSPS) is 17.2. The lowest BCUT2D eigenvalue weighted by molar-refractivity contribution is 0.0853. The Labute approximate surface area is 105 Å². The standard InChI is InChI=1S/C13H14N2OS/c1-5-14-6-2-10(1)12-9-17-13(15-12)11-3-7-16-8-4-11/h1-2,5-6,9,11H,3-4,7-8H2. The molecule has 0 N–H and O–H groups in total. The summed E-state index contributed by atoms with van der Waals surface area (Å²) in [4.78, 5) is 8.77. The van der Waals surface area contributed by atoms with Gasteiger partial charge in [-0.05, 0) is 25.0 Å². The van der Waals surface area contributed by atoms with Crippen molar-refractivity contribution in [1.29, 1.82) is 0 Å². The third-order valence-corrected chi connectivity index (χ3v) is 4.08. The minimum Gasteiger partial charge on any atom is -0.381 e. The summed E-state index contributed by atoms with van der Waals surface area (Å²) >= 11 is 1.76. The van der Waals surface area contributed by atoms with Crippen molar-refractivity contribution in [2.24, 2.45) is 0 Å². The first-order valence-corrected chi connectivity index (χ1v) is 6.75. The molecular weight excluding hydrogens is 232 g/mol. The Bertz CT molecular complexity index is 477. The Balaban J connectivity index is 1.83. The first-order chi connectivity index (χ1) is 8.43. The van der Waals surface area contributed by atoms with Crippen LogP contribution in [0.3, 0.4) is 0 Å². The van der Waals surface area contributed by atoms with Gasteiger partial charge in [0.2, 0.25) is 0 Å². The number of rotatable bonds is 2. The van der Waals surface area contributed by atoms with Gasteiger partial charge in [-0.2, -0.15) is 0 Å². The Morgan fingerprint density at radius 2 is 1.94 bits per heavy atom. The number of nitrogens with zero attached hydrogens (tertiary/aromatic N) is 2. The molecule has 0 amide bonds. The van der Waals surface area contributed by atoms with E-state index in [0.717, 1.165) is 37.3 Å². The van der Waals surface area contributed by atoms with Crippen molar-refractivity contribution in [3.05, 3.63) is 34.9 Å². The molecule has 88 valence electrons. The van der Waals surface area contributed by atoms with Crippen molar-refractivity contribution in [3.8, 4) is 11.3 Å². The summed E-state index contributed by atoms with van der Waals surface area (Å²) in [5.74, 6) is 0.587. The molecule has 0 unspecified atom stereocenters. The second-order valence-corrected chi connectivity index (χ2v) is 5.08. The number of hydrogen-bond acceptors (Lipinski definition) is 4. The van der Waals surface area contributed by atoms with E-state index in [2.05, 4.69) is 10.4 Å². The molecule has 4 heteroatoms. The van der Waals surface area contributed by atoms with E-state index in [1.165, 1.54) is 5.01 Å². The predicted molar refractivity (Wildman–Crippen MR) is 68.1 cm³/mol. The molecule has 0 radical (unpaired) electrons. The molecule has 3 heterocycles. The molecule has 1 fully saturated rings. The maximum Gasteiger partial charge on any atom is 0.0965 e. The molecule has 0 saturated carbocycles. The fraction of sp³-hybridized carbons (Fsp3) is 0.385. The van der Waals surface area contributed by atoms with Gasteiger partial charge in [-0.15, -0.1) is 11.3 Å². The van der Waals surface area contributed by atoms with Gasteiger partial charge in [-0.1, -0.05) is 0 Å². The zero-order valence-corrected chi connectivity index (χ0v) is 10.3.